The van der Waals surface area contributed by atoms with E-state index in [1.165, 1.54) is 5.56 Å². The van der Waals surface area contributed by atoms with Gasteiger partial charge in [0.05, 0.1) is 0 Å². The molecule has 0 amide bonds. The second-order valence-corrected chi connectivity index (χ2v) is 4.78. The van der Waals surface area contributed by atoms with Crippen molar-refractivity contribution in [2.24, 2.45) is 5.73 Å². The largest absolute Gasteiger partial charge is 0.329 e. The minimum absolute atomic E-state index is 0.497. The van der Waals surface area contributed by atoms with Crippen LogP contribution in [0.3, 0.4) is 0 Å². The molecule has 2 N–H and O–H groups in total. The van der Waals surface area contributed by atoms with Crippen LogP contribution in [0, 0.1) is 0 Å². The van der Waals surface area contributed by atoms with E-state index >= 15 is 0 Å². The van der Waals surface area contributed by atoms with Gasteiger partial charge in [-0.25, -0.2) is 0 Å². The van der Waals surface area contributed by atoms with E-state index in [1.807, 2.05) is 30.0 Å². The van der Waals surface area contributed by atoms with Gasteiger partial charge in [-0.05, 0) is 11.6 Å². The fourth-order valence-corrected chi connectivity index (χ4v) is 2.05. The zero-order chi connectivity index (χ0) is 9.68. The summed E-state index contributed by atoms with van der Waals surface area (Å²) in [5.41, 5.74) is 6.71. The normalized spacial score (nSPS) is 12.8. The lowest BCUT2D eigenvalue weighted by Crippen LogP contribution is -2.12. The number of rotatable bonds is 4. The molecule has 0 heterocycles. The topological polar surface area (TPSA) is 26.0 Å². The zero-order valence-electron chi connectivity index (χ0n) is 7.66. The molecule has 0 radical (unpaired) electrons. The van der Waals surface area contributed by atoms with Gasteiger partial charge < -0.3 is 5.73 Å². The molecule has 0 aliphatic rings. The summed E-state index contributed by atoms with van der Waals surface area (Å²) in [5.74, 6) is 0.942. The molecular formula is C10H14ClNS. The van der Waals surface area contributed by atoms with Crippen LogP contribution in [0.4, 0.5) is 0 Å². The van der Waals surface area contributed by atoms with Crippen molar-refractivity contribution in [3.8, 4) is 0 Å². The summed E-state index contributed by atoms with van der Waals surface area (Å²) in [4.78, 5) is 0. The Labute approximate surface area is 88.7 Å². The van der Waals surface area contributed by atoms with Crippen LogP contribution in [-0.4, -0.2) is 11.8 Å². The molecule has 0 saturated carbocycles. The first-order chi connectivity index (χ1) is 6.24. The van der Waals surface area contributed by atoms with E-state index in [9.17, 15) is 0 Å². The molecule has 1 atom stereocenters. The Kier molecular flexibility index (Phi) is 4.64. The van der Waals surface area contributed by atoms with Crippen molar-refractivity contribution in [3.05, 3.63) is 34.9 Å². The SMILES string of the molecule is CC(CN)SCc1ccccc1Cl. The minimum Gasteiger partial charge on any atom is -0.329 e. The highest BCUT2D eigenvalue weighted by atomic mass is 35.5. The number of thioether (sulfide) groups is 1. The van der Waals surface area contributed by atoms with Gasteiger partial charge >= 0.3 is 0 Å². The summed E-state index contributed by atoms with van der Waals surface area (Å²) < 4.78 is 0. The van der Waals surface area contributed by atoms with Gasteiger partial charge in [0.2, 0.25) is 0 Å². The molecule has 1 aromatic carbocycles. The third kappa shape index (κ3) is 3.59. The van der Waals surface area contributed by atoms with E-state index in [-0.39, 0.29) is 0 Å². The fourth-order valence-electron chi connectivity index (χ4n) is 0.916. The average Bonchev–Trinajstić information content (AvgIpc) is 2.16. The highest BCUT2D eigenvalue weighted by Crippen LogP contribution is 2.22. The maximum atomic E-state index is 6.01. The van der Waals surface area contributed by atoms with Crippen LogP contribution in [-0.2, 0) is 5.75 Å². The van der Waals surface area contributed by atoms with Gasteiger partial charge in [-0.2, -0.15) is 11.8 Å². The highest BCUT2D eigenvalue weighted by Gasteiger charge is 2.02. The first-order valence-corrected chi connectivity index (χ1v) is 5.71. The van der Waals surface area contributed by atoms with Gasteiger partial charge in [-0.3, -0.25) is 0 Å². The molecule has 0 saturated heterocycles. The average molecular weight is 216 g/mol. The molecule has 0 spiro atoms. The molecule has 13 heavy (non-hydrogen) atoms. The predicted molar refractivity (Wildman–Crippen MR) is 61.3 cm³/mol. The Bertz CT molecular complexity index is 265. The quantitative estimate of drug-likeness (QED) is 0.836. The number of halogens is 1. The summed E-state index contributed by atoms with van der Waals surface area (Å²) in [6.45, 7) is 2.84. The van der Waals surface area contributed by atoms with Crippen LogP contribution >= 0.6 is 23.4 Å². The van der Waals surface area contributed by atoms with Crippen LogP contribution in [0.25, 0.3) is 0 Å². The van der Waals surface area contributed by atoms with Crippen molar-refractivity contribution in [2.75, 3.05) is 6.54 Å². The number of hydrogen-bond acceptors (Lipinski definition) is 2. The lowest BCUT2D eigenvalue weighted by Gasteiger charge is -2.08. The van der Waals surface area contributed by atoms with Gasteiger partial charge in [-0.1, -0.05) is 36.7 Å². The van der Waals surface area contributed by atoms with Gasteiger partial charge in [0.25, 0.3) is 0 Å². The van der Waals surface area contributed by atoms with Crippen LogP contribution < -0.4 is 5.73 Å². The number of nitrogens with two attached hydrogens (primary N) is 1. The Morgan fingerprint density at radius 3 is 2.77 bits per heavy atom. The van der Waals surface area contributed by atoms with E-state index in [2.05, 4.69) is 13.0 Å². The second kappa shape index (κ2) is 5.53. The molecule has 1 unspecified atom stereocenters. The summed E-state index contributed by atoms with van der Waals surface area (Å²) in [7, 11) is 0. The molecular weight excluding hydrogens is 202 g/mol. The van der Waals surface area contributed by atoms with Gasteiger partial charge in [0.1, 0.15) is 0 Å². The molecule has 72 valence electrons. The standard InChI is InChI=1S/C10H14ClNS/c1-8(6-12)13-7-9-4-2-3-5-10(9)11/h2-5,8H,6-7,12H2,1H3. The van der Waals surface area contributed by atoms with Crippen LogP contribution in [0.1, 0.15) is 12.5 Å². The van der Waals surface area contributed by atoms with Gasteiger partial charge in [0.15, 0.2) is 0 Å². The lowest BCUT2D eigenvalue weighted by molar-refractivity contribution is 0.951. The van der Waals surface area contributed by atoms with Crippen molar-refractivity contribution < 1.29 is 0 Å². The third-order valence-corrected chi connectivity index (χ3v) is 3.42. The maximum absolute atomic E-state index is 6.01. The molecule has 1 aromatic rings. The predicted octanol–water partition coefficient (Wildman–Crippen LogP) is 2.92. The van der Waals surface area contributed by atoms with Crippen LogP contribution in [0.2, 0.25) is 5.02 Å². The molecule has 0 fully saturated rings. The summed E-state index contributed by atoms with van der Waals surface area (Å²) in [6.07, 6.45) is 0. The third-order valence-electron chi connectivity index (χ3n) is 1.81. The van der Waals surface area contributed by atoms with E-state index in [4.69, 9.17) is 17.3 Å². The molecule has 1 nitrogen and oxygen atoms in total. The molecule has 0 aliphatic carbocycles. The fraction of sp³-hybridized carbons (Fsp3) is 0.400. The Hall–Kier alpha value is -0.180. The van der Waals surface area contributed by atoms with Crippen molar-refractivity contribution in [2.45, 2.75) is 17.9 Å². The molecule has 1 rings (SSSR count). The van der Waals surface area contributed by atoms with E-state index in [0.29, 0.717) is 5.25 Å². The smallest absolute Gasteiger partial charge is 0.0446 e. The van der Waals surface area contributed by atoms with E-state index < -0.39 is 0 Å². The number of benzene rings is 1. The van der Waals surface area contributed by atoms with Crippen LogP contribution in [0.5, 0.6) is 0 Å². The van der Waals surface area contributed by atoms with E-state index in [1.54, 1.807) is 0 Å². The van der Waals surface area contributed by atoms with Crippen LogP contribution in [0.15, 0.2) is 24.3 Å². The van der Waals surface area contributed by atoms with E-state index in [0.717, 1.165) is 17.3 Å². The number of hydrogen-bond donors (Lipinski definition) is 1. The highest BCUT2D eigenvalue weighted by molar-refractivity contribution is 7.99. The summed E-state index contributed by atoms with van der Waals surface area (Å²) >= 11 is 7.84. The molecule has 0 aliphatic heterocycles. The van der Waals surface area contributed by atoms with Crippen molar-refractivity contribution >= 4 is 23.4 Å². The monoisotopic (exact) mass is 215 g/mol. The Balaban J connectivity index is 2.50. The Morgan fingerprint density at radius 1 is 1.46 bits per heavy atom. The van der Waals surface area contributed by atoms with Crippen molar-refractivity contribution in [3.63, 3.8) is 0 Å². The first kappa shape index (κ1) is 10.9. The second-order valence-electron chi connectivity index (χ2n) is 2.95. The van der Waals surface area contributed by atoms with Gasteiger partial charge in [-0.15, -0.1) is 0 Å². The molecule has 3 heteroatoms. The molecule has 0 bridgehead atoms. The van der Waals surface area contributed by atoms with Crippen molar-refractivity contribution in [1.29, 1.82) is 0 Å². The zero-order valence-corrected chi connectivity index (χ0v) is 9.24. The minimum atomic E-state index is 0.497. The van der Waals surface area contributed by atoms with Gasteiger partial charge in [0, 0.05) is 22.6 Å². The summed E-state index contributed by atoms with van der Waals surface area (Å²) in [5, 5.41) is 1.34. The van der Waals surface area contributed by atoms with Crippen molar-refractivity contribution in [1.82, 2.24) is 0 Å². The lowest BCUT2D eigenvalue weighted by atomic mass is 10.2. The molecule has 0 aromatic heterocycles. The maximum Gasteiger partial charge on any atom is 0.0446 e. The summed E-state index contributed by atoms with van der Waals surface area (Å²) in [6, 6.07) is 7.93. The Morgan fingerprint density at radius 2 is 2.15 bits per heavy atom. The first-order valence-electron chi connectivity index (χ1n) is 4.29.